The summed E-state index contributed by atoms with van der Waals surface area (Å²) in [5.41, 5.74) is 7.08. The smallest absolute Gasteiger partial charge is 0.161 e. The summed E-state index contributed by atoms with van der Waals surface area (Å²) < 4.78 is 7.13. The number of nitrogens with two attached hydrogens (primary N) is 1. The first-order valence-corrected chi connectivity index (χ1v) is 4.97. The number of nitrogens with zero attached hydrogens (tertiary/aromatic N) is 2. The number of rotatable bonds is 4. The van der Waals surface area contributed by atoms with Gasteiger partial charge in [0.15, 0.2) is 5.75 Å². The summed E-state index contributed by atoms with van der Waals surface area (Å²) in [7, 11) is 1.65. The summed E-state index contributed by atoms with van der Waals surface area (Å²) in [6, 6.07) is -0.0209. The van der Waals surface area contributed by atoms with Gasteiger partial charge in [-0.25, -0.2) is 0 Å². The molecule has 1 aromatic heterocycles. The molecule has 1 atom stereocenters. The summed E-state index contributed by atoms with van der Waals surface area (Å²) in [4.78, 5) is 0. The van der Waals surface area contributed by atoms with E-state index < -0.39 is 0 Å². The molecule has 80 valence electrons. The van der Waals surface area contributed by atoms with E-state index in [4.69, 9.17) is 10.5 Å². The Hall–Kier alpha value is -1.03. The van der Waals surface area contributed by atoms with Gasteiger partial charge in [0.05, 0.1) is 25.0 Å². The second kappa shape index (κ2) is 4.46. The van der Waals surface area contributed by atoms with E-state index in [2.05, 4.69) is 18.9 Å². The molecular weight excluding hydrogens is 178 g/mol. The summed E-state index contributed by atoms with van der Waals surface area (Å²) in [5.74, 6) is 1.17. The number of hydrogen-bond acceptors (Lipinski definition) is 3. The zero-order valence-corrected chi connectivity index (χ0v) is 9.32. The molecule has 2 N–H and O–H groups in total. The van der Waals surface area contributed by atoms with Crippen molar-refractivity contribution in [2.45, 2.75) is 33.4 Å². The van der Waals surface area contributed by atoms with Gasteiger partial charge in [-0.3, -0.25) is 4.68 Å². The van der Waals surface area contributed by atoms with Gasteiger partial charge in [-0.05, 0) is 12.8 Å². The summed E-state index contributed by atoms with van der Waals surface area (Å²) >= 11 is 0. The first-order chi connectivity index (χ1) is 6.61. The van der Waals surface area contributed by atoms with Crippen LogP contribution in [0.3, 0.4) is 0 Å². The van der Waals surface area contributed by atoms with Gasteiger partial charge in [0.2, 0.25) is 0 Å². The van der Waals surface area contributed by atoms with Gasteiger partial charge in [-0.15, -0.1) is 0 Å². The Balaban J connectivity index is 3.07. The van der Waals surface area contributed by atoms with Gasteiger partial charge in [0.1, 0.15) is 0 Å². The van der Waals surface area contributed by atoms with E-state index in [0.29, 0.717) is 5.92 Å². The Morgan fingerprint density at radius 2 is 2.21 bits per heavy atom. The number of ether oxygens (including phenoxy) is 1. The van der Waals surface area contributed by atoms with E-state index in [1.54, 1.807) is 13.3 Å². The van der Waals surface area contributed by atoms with Gasteiger partial charge < -0.3 is 10.5 Å². The lowest BCUT2D eigenvalue weighted by Crippen LogP contribution is -2.21. The van der Waals surface area contributed by atoms with Crippen molar-refractivity contribution < 1.29 is 4.74 Å². The highest BCUT2D eigenvalue weighted by Crippen LogP contribution is 2.27. The lowest BCUT2D eigenvalue weighted by molar-refractivity contribution is 0.387. The zero-order chi connectivity index (χ0) is 10.7. The maximum absolute atomic E-state index is 6.09. The highest BCUT2D eigenvalue weighted by molar-refractivity contribution is 5.28. The molecule has 1 aromatic rings. The highest BCUT2D eigenvalue weighted by Gasteiger charge is 2.20. The molecule has 14 heavy (non-hydrogen) atoms. The minimum Gasteiger partial charge on any atom is -0.493 e. The standard InChI is InChI=1S/C10H19N3O/c1-5-13-10(9(11)7(2)3)8(14-4)6-12-13/h6-7,9H,5,11H2,1-4H3. The number of hydrogen-bond donors (Lipinski definition) is 1. The Kier molecular flexibility index (Phi) is 3.52. The van der Waals surface area contributed by atoms with Gasteiger partial charge in [0, 0.05) is 6.54 Å². The van der Waals surface area contributed by atoms with Crippen LogP contribution in [0.1, 0.15) is 32.5 Å². The predicted octanol–water partition coefficient (Wildman–Crippen LogP) is 1.57. The van der Waals surface area contributed by atoms with Crippen molar-refractivity contribution in [3.8, 4) is 5.75 Å². The van der Waals surface area contributed by atoms with E-state index in [9.17, 15) is 0 Å². The molecule has 4 heteroatoms. The maximum Gasteiger partial charge on any atom is 0.161 e. The molecule has 0 aliphatic heterocycles. The number of aromatic nitrogens is 2. The second-order valence-electron chi connectivity index (χ2n) is 3.68. The monoisotopic (exact) mass is 197 g/mol. The number of aryl methyl sites for hydroxylation is 1. The summed E-state index contributed by atoms with van der Waals surface area (Å²) in [6.45, 7) is 7.05. The number of methoxy groups -OCH3 is 1. The van der Waals surface area contributed by atoms with Crippen LogP contribution in [0.2, 0.25) is 0 Å². The molecule has 0 aromatic carbocycles. The lowest BCUT2D eigenvalue weighted by Gasteiger charge is -2.18. The van der Waals surface area contributed by atoms with Crippen molar-refractivity contribution >= 4 is 0 Å². The van der Waals surface area contributed by atoms with Crippen molar-refractivity contribution in [1.82, 2.24) is 9.78 Å². The molecule has 1 heterocycles. The molecule has 0 radical (unpaired) electrons. The van der Waals surface area contributed by atoms with Crippen molar-refractivity contribution in [3.63, 3.8) is 0 Å². The van der Waals surface area contributed by atoms with Gasteiger partial charge in [-0.1, -0.05) is 13.8 Å². The molecule has 0 spiro atoms. The third kappa shape index (κ3) is 1.90. The second-order valence-corrected chi connectivity index (χ2v) is 3.68. The van der Waals surface area contributed by atoms with Gasteiger partial charge in [-0.2, -0.15) is 5.10 Å². The van der Waals surface area contributed by atoms with Crippen LogP contribution in [0.4, 0.5) is 0 Å². The Morgan fingerprint density at radius 1 is 1.57 bits per heavy atom. The van der Waals surface area contributed by atoms with Crippen LogP contribution in [-0.4, -0.2) is 16.9 Å². The largest absolute Gasteiger partial charge is 0.493 e. The molecule has 4 nitrogen and oxygen atoms in total. The van der Waals surface area contributed by atoms with Crippen molar-refractivity contribution in [3.05, 3.63) is 11.9 Å². The van der Waals surface area contributed by atoms with Crippen LogP contribution in [0.15, 0.2) is 6.20 Å². The molecule has 0 aliphatic carbocycles. The molecule has 1 rings (SSSR count). The molecule has 0 saturated carbocycles. The fourth-order valence-corrected chi connectivity index (χ4v) is 1.44. The summed E-state index contributed by atoms with van der Waals surface area (Å²) in [6.07, 6.45) is 1.72. The van der Waals surface area contributed by atoms with Gasteiger partial charge >= 0.3 is 0 Å². The van der Waals surface area contributed by atoms with Crippen molar-refractivity contribution in [2.75, 3.05) is 7.11 Å². The van der Waals surface area contributed by atoms with Crippen LogP contribution >= 0.6 is 0 Å². The van der Waals surface area contributed by atoms with Crippen LogP contribution < -0.4 is 10.5 Å². The Morgan fingerprint density at radius 3 is 2.64 bits per heavy atom. The molecule has 1 unspecified atom stereocenters. The normalized spacial score (nSPS) is 13.3. The molecular formula is C10H19N3O. The van der Waals surface area contributed by atoms with E-state index in [1.165, 1.54) is 0 Å². The SMILES string of the molecule is CCn1ncc(OC)c1C(N)C(C)C. The first-order valence-electron chi connectivity index (χ1n) is 4.97. The van der Waals surface area contributed by atoms with Crippen LogP contribution in [0, 0.1) is 5.92 Å². The van der Waals surface area contributed by atoms with E-state index in [1.807, 2.05) is 11.6 Å². The minimum atomic E-state index is -0.0209. The fourth-order valence-electron chi connectivity index (χ4n) is 1.44. The molecule has 0 fully saturated rings. The lowest BCUT2D eigenvalue weighted by atomic mass is 10.0. The first kappa shape index (κ1) is 11.0. The highest BCUT2D eigenvalue weighted by atomic mass is 16.5. The predicted molar refractivity (Wildman–Crippen MR) is 56.2 cm³/mol. The average Bonchev–Trinajstić information content (AvgIpc) is 2.58. The van der Waals surface area contributed by atoms with E-state index in [0.717, 1.165) is 18.0 Å². The van der Waals surface area contributed by atoms with E-state index >= 15 is 0 Å². The average molecular weight is 197 g/mol. The summed E-state index contributed by atoms with van der Waals surface area (Å²) in [5, 5.41) is 4.22. The Bertz CT molecular complexity index is 272. The topological polar surface area (TPSA) is 53.1 Å². The minimum absolute atomic E-state index is 0.0209. The van der Waals surface area contributed by atoms with E-state index in [-0.39, 0.29) is 6.04 Å². The van der Waals surface area contributed by atoms with Crippen molar-refractivity contribution in [2.24, 2.45) is 11.7 Å². The zero-order valence-electron chi connectivity index (χ0n) is 9.32. The third-order valence-electron chi connectivity index (χ3n) is 2.40. The third-order valence-corrected chi connectivity index (χ3v) is 2.40. The van der Waals surface area contributed by atoms with Crippen LogP contribution in [0.25, 0.3) is 0 Å². The molecule has 0 aliphatic rings. The molecule has 0 bridgehead atoms. The van der Waals surface area contributed by atoms with Crippen LogP contribution in [-0.2, 0) is 6.54 Å². The molecule has 0 saturated heterocycles. The quantitative estimate of drug-likeness (QED) is 0.797. The maximum atomic E-state index is 6.09. The Labute approximate surface area is 85.0 Å². The van der Waals surface area contributed by atoms with Gasteiger partial charge in [0.25, 0.3) is 0 Å². The van der Waals surface area contributed by atoms with Crippen LogP contribution in [0.5, 0.6) is 5.75 Å². The van der Waals surface area contributed by atoms with Crippen molar-refractivity contribution in [1.29, 1.82) is 0 Å². The molecule has 0 amide bonds. The fraction of sp³-hybridized carbons (Fsp3) is 0.700.